The predicted octanol–water partition coefficient (Wildman–Crippen LogP) is 4.60. The standard InChI is InChI=1S/C40H60F13NO12S3/c1-4-28(68-18-23(59)15-56)32-31-30(33(61)54(34(31)62)5-6-64-9-10-65-8-7-63-3)27(66-32)13-29(69-19-24(60)16-57)25-11-21(20(2)67-17-22(58)14-55)12-26(25)35(41,42)36(43,44)37(45,46)38(47,48)39(49,50)40(51,52)53/h20-32,55-60H,4-19H2,1-3H3. The number of aliphatic hydroxyl groups excluding tert-OH is 6. The van der Waals surface area contributed by atoms with Crippen LogP contribution in [0.3, 0.4) is 0 Å². The molecule has 2 saturated heterocycles. The van der Waals surface area contributed by atoms with Gasteiger partial charge in [0.2, 0.25) is 11.8 Å². The molecule has 0 aromatic rings. The summed E-state index contributed by atoms with van der Waals surface area (Å²) in [6.45, 7) is 0.550. The summed E-state index contributed by atoms with van der Waals surface area (Å²) in [5.41, 5.74) is 0. The third kappa shape index (κ3) is 13.8. The van der Waals surface area contributed by atoms with E-state index in [-0.39, 0.29) is 57.5 Å². The van der Waals surface area contributed by atoms with Crippen molar-refractivity contribution in [3.63, 3.8) is 0 Å². The summed E-state index contributed by atoms with van der Waals surface area (Å²) >= 11 is 2.24. The summed E-state index contributed by atoms with van der Waals surface area (Å²) in [7, 11) is 1.45. The first-order valence-electron chi connectivity index (χ1n) is 21.8. The molecule has 3 rings (SSSR count). The maximum absolute atomic E-state index is 16.6. The minimum Gasteiger partial charge on any atom is -0.394 e. The topological polar surface area (TPSA) is 196 Å². The number of carbonyl (C=O) groups excluding carboxylic acids is 2. The average Bonchev–Trinajstić information content (AvgIpc) is 3.97. The molecule has 2 aliphatic heterocycles. The highest BCUT2D eigenvalue weighted by Gasteiger charge is 2.91. The first-order valence-corrected chi connectivity index (χ1v) is 24.9. The minimum absolute atomic E-state index is 0.0161. The Morgan fingerprint density at radius 3 is 1.65 bits per heavy atom. The molecule has 6 N–H and O–H groups in total. The van der Waals surface area contributed by atoms with E-state index in [1.807, 2.05) is 0 Å². The smallest absolute Gasteiger partial charge is 0.394 e. The molecule has 29 heteroatoms. The summed E-state index contributed by atoms with van der Waals surface area (Å²) in [6, 6.07) is 0. The highest BCUT2D eigenvalue weighted by molar-refractivity contribution is 8.00. The Morgan fingerprint density at radius 1 is 0.667 bits per heavy atom. The zero-order chi connectivity index (χ0) is 52.5. The van der Waals surface area contributed by atoms with Gasteiger partial charge in [-0.1, -0.05) is 13.8 Å². The molecule has 2 heterocycles. The van der Waals surface area contributed by atoms with Crippen molar-refractivity contribution >= 4 is 47.1 Å². The van der Waals surface area contributed by atoms with Crippen LogP contribution in [0.4, 0.5) is 57.1 Å². The van der Waals surface area contributed by atoms with Crippen LogP contribution in [0.25, 0.3) is 0 Å². The minimum atomic E-state index is -8.16. The van der Waals surface area contributed by atoms with Crippen molar-refractivity contribution in [1.29, 1.82) is 0 Å². The van der Waals surface area contributed by atoms with E-state index in [0.29, 0.717) is 11.8 Å². The van der Waals surface area contributed by atoms with Gasteiger partial charge in [0, 0.05) is 46.0 Å². The first-order chi connectivity index (χ1) is 32.0. The molecular formula is C40H60F13NO12S3. The molecule has 2 amide bonds. The monoisotopic (exact) mass is 1090 g/mol. The largest absolute Gasteiger partial charge is 0.460 e. The lowest BCUT2D eigenvalue weighted by molar-refractivity contribution is -0.443. The molecule has 0 aromatic heterocycles. The Kier molecular flexibility index (Phi) is 23.3. The van der Waals surface area contributed by atoms with E-state index >= 15 is 26.3 Å². The van der Waals surface area contributed by atoms with Gasteiger partial charge in [-0.15, -0.1) is 0 Å². The first kappa shape index (κ1) is 62.2. The van der Waals surface area contributed by atoms with Gasteiger partial charge < -0.3 is 49.6 Å². The van der Waals surface area contributed by atoms with Gasteiger partial charge in [0.25, 0.3) is 0 Å². The van der Waals surface area contributed by atoms with Gasteiger partial charge in [0.1, 0.15) is 0 Å². The summed E-state index contributed by atoms with van der Waals surface area (Å²) in [4.78, 5) is 29.2. The van der Waals surface area contributed by atoms with Gasteiger partial charge in [0.05, 0.1) is 102 Å². The van der Waals surface area contributed by atoms with Gasteiger partial charge in [-0.05, 0) is 37.5 Å². The molecule has 13 nitrogen and oxygen atoms in total. The van der Waals surface area contributed by atoms with Crippen LogP contribution in [-0.2, 0) is 28.5 Å². The second-order valence-corrected chi connectivity index (χ2v) is 21.0. The number of imide groups is 1. The Balaban J connectivity index is 2.17. The number of likely N-dealkylation sites (tertiary alicyclic amines) is 1. The summed E-state index contributed by atoms with van der Waals surface area (Å²) in [5.74, 6) is -50.7. The van der Waals surface area contributed by atoms with E-state index in [0.717, 1.165) is 28.4 Å². The molecule has 13 unspecified atom stereocenters. The second-order valence-electron chi connectivity index (χ2n) is 17.1. The number of fused-ring (bicyclic) bond motifs is 1. The van der Waals surface area contributed by atoms with Crippen molar-refractivity contribution in [2.45, 2.75) is 122 Å². The van der Waals surface area contributed by atoms with Crippen molar-refractivity contribution in [1.82, 2.24) is 4.90 Å². The highest BCUT2D eigenvalue weighted by atomic mass is 32.2. The van der Waals surface area contributed by atoms with Crippen molar-refractivity contribution < 1.29 is 116 Å². The number of rotatable bonds is 32. The number of halogens is 13. The molecule has 13 atom stereocenters. The molecular weight excluding hydrogens is 1030 g/mol. The lowest BCUT2D eigenvalue weighted by Gasteiger charge is -2.43. The fourth-order valence-electron chi connectivity index (χ4n) is 8.65. The Labute approximate surface area is 402 Å². The van der Waals surface area contributed by atoms with Gasteiger partial charge in [-0.3, -0.25) is 14.5 Å². The van der Waals surface area contributed by atoms with Gasteiger partial charge in [-0.2, -0.15) is 92.4 Å². The number of methoxy groups -OCH3 is 1. The summed E-state index contributed by atoms with van der Waals surface area (Å²) in [6.07, 6.45) is -17.4. The number of amides is 2. The zero-order valence-corrected chi connectivity index (χ0v) is 40.0. The van der Waals surface area contributed by atoms with Crippen LogP contribution in [-0.4, -0.2) is 213 Å². The van der Waals surface area contributed by atoms with Crippen molar-refractivity contribution in [2.24, 2.45) is 29.6 Å². The molecule has 0 radical (unpaired) electrons. The number of carbonyl (C=O) groups is 2. The SMILES string of the molecule is CCC(SCC(O)CO)C1OC(CC(SCC(O)CO)C2CC(C(C)SCC(O)CO)CC2C(F)(F)C(F)(F)C(F)(F)C(F)(F)C(F)(F)C(F)(F)F)C2C(=O)N(CCOCCOCCOC)C(=O)C12. The normalized spacial score (nSPS) is 26.9. The summed E-state index contributed by atoms with van der Waals surface area (Å²) < 4.78 is 213. The quantitative estimate of drug-likeness (QED) is 0.0311. The molecule has 69 heavy (non-hydrogen) atoms. The van der Waals surface area contributed by atoms with Crippen molar-refractivity contribution in [2.75, 3.05) is 83.8 Å². The van der Waals surface area contributed by atoms with Crippen LogP contribution in [0.15, 0.2) is 0 Å². The van der Waals surface area contributed by atoms with E-state index in [4.69, 9.17) is 18.9 Å². The lowest BCUT2D eigenvalue weighted by atomic mass is 9.78. The van der Waals surface area contributed by atoms with E-state index in [2.05, 4.69) is 0 Å². The van der Waals surface area contributed by atoms with E-state index in [9.17, 15) is 71.0 Å². The van der Waals surface area contributed by atoms with Crippen LogP contribution in [0.5, 0.6) is 0 Å². The van der Waals surface area contributed by atoms with Gasteiger partial charge >= 0.3 is 35.8 Å². The number of alkyl halides is 13. The average molecular weight is 1090 g/mol. The number of thioether (sulfide) groups is 3. The highest BCUT2D eigenvalue weighted by Crippen LogP contribution is 2.65. The molecule has 406 valence electrons. The Hall–Kier alpha value is -1.12. The molecule has 1 saturated carbocycles. The number of aliphatic hydroxyl groups is 6. The molecule has 3 fully saturated rings. The van der Waals surface area contributed by atoms with Crippen LogP contribution in [0.1, 0.15) is 39.5 Å². The van der Waals surface area contributed by atoms with E-state index in [1.165, 1.54) is 14.0 Å². The van der Waals surface area contributed by atoms with Crippen LogP contribution in [0.2, 0.25) is 0 Å². The summed E-state index contributed by atoms with van der Waals surface area (Å²) in [5, 5.41) is 55.3. The van der Waals surface area contributed by atoms with Crippen molar-refractivity contribution in [3.8, 4) is 0 Å². The van der Waals surface area contributed by atoms with Crippen LogP contribution in [0, 0.1) is 29.6 Å². The zero-order valence-electron chi connectivity index (χ0n) is 37.5. The van der Waals surface area contributed by atoms with Crippen LogP contribution >= 0.6 is 35.3 Å². The van der Waals surface area contributed by atoms with Crippen LogP contribution < -0.4 is 0 Å². The predicted molar refractivity (Wildman–Crippen MR) is 225 cm³/mol. The molecule has 0 bridgehead atoms. The van der Waals surface area contributed by atoms with E-state index < -0.39 is 168 Å². The lowest BCUT2D eigenvalue weighted by Crippen LogP contribution is -2.71. The maximum Gasteiger partial charge on any atom is 0.460 e. The molecule has 1 aliphatic carbocycles. The Bertz CT molecular complexity index is 1620. The maximum atomic E-state index is 16.6. The number of hydrogen-bond donors (Lipinski definition) is 6. The second kappa shape index (κ2) is 25.9. The molecule has 3 aliphatic rings. The van der Waals surface area contributed by atoms with Gasteiger partial charge in [-0.25, -0.2) is 0 Å². The fourth-order valence-corrected chi connectivity index (χ4v) is 12.5. The molecule has 0 spiro atoms. The van der Waals surface area contributed by atoms with E-state index in [1.54, 1.807) is 6.92 Å². The fraction of sp³-hybridized carbons (Fsp3) is 0.950. The number of ether oxygens (including phenoxy) is 4. The Morgan fingerprint density at radius 2 is 1.14 bits per heavy atom. The van der Waals surface area contributed by atoms with Gasteiger partial charge in [0.15, 0.2) is 0 Å². The molecule has 0 aromatic carbocycles. The number of hydrogen-bond acceptors (Lipinski definition) is 15. The third-order valence-electron chi connectivity index (χ3n) is 12.5. The van der Waals surface area contributed by atoms with Crippen molar-refractivity contribution in [3.05, 3.63) is 0 Å². The number of nitrogens with zero attached hydrogens (tertiary/aromatic N) is 1. The third-order valence-corrected chi connectivity index (χ3v) is 17.1.